The van der Waals surface area contributed by atoms with Crippen molar-refractivity contribution in [2.24, 2.45) is 0 Å². The van der Waals surface area contributed by atoms with Gasteiger partial charge in [-0.15, -0.1) is 0 Å². The van der Waals surface area contributed by atoms with Gasteiger partial charge >= 0.3 is 5.97 Å². The Hall–Kier alpha value is -1.87. The van der Waals surface area contributed by atoms with Gasteiger partial charge in [0.25, 0.3) is 0 Å². The van der Waals surface area contributed by atoms with Gasteiger partial charge in [-0.3, -0.25) is 0 Å². The van der Waals surface area contributed by atoms with Gasteiger partial charge in [-0.2, -0.15) is 0 Å². The van der Waals surface area contributed by atoms with Crippen molar-refractivity contribution in [1.82, 2.24) is 0 Å². The normalized spacial score (nSPS) is 13.9. The average Bonchev–Trinajstić information content (AvgIpc) is 2.66. The summed E-state index contributed by atoms with van der Waals surface area (Å²) in [5.74, 6) is -0.865. The van der Waals surface area contributed by atoms with Crippen LogP contribution in [0.25, 0.3) is 0 Å². The van der Waals surface area contributed by atoms with E-state index in [9.17, 15) is 4.79 Å². The first kappa shape index (κ1) is 25.1. The van der Waals surface area contributed by atoms with Crippen LogP contribution in [0.1, 0.15) is 71.6 Å². The molecule has 3 nitrogen and oxygen atoms in total. The number of carbonyl (C=O) groups is 1. The van der Waals surface area contributed by atoms with E-state index in [2.05, 4.69) is 67.7 Å². The number of allylic oxidation sites excluding steroid dienone is 10. The van der Waals surface area contributed by atoms with Crippen LogP contribution in [-0.4, -0.2) is 23.8 Å². The number of hydrogen-bond acceptors (Lipinski definition) is 2. The van der Waals surface area contributed by atoms with E-state index in [0.717, 1.165) is 51.4 Å². The Balaban J connectivity index is 3.51. The van der Waals surface area contributed by atoms with Gasteiger partial charge in [0.05, 0.1) is 0 Å². The third-order valence-electron chi connectivity index (χ3n) is 3.89. The third-order valence-corrected chi connectivity index (χ3v) is 3.89. The smallest absolute Gasteiger partial charge is 0.332 e. The van der Waals surface area contributed by atoms with Crippen LogP contribution < -0.4 is 0 Å². The first-order valence-electron chi connectivity index (χ1n) is 10.3. The zero-order valence-electron chi connectivity index (χ0n) is 17.2. The highest BCUT2D eigenvalue weighted by Gasteiger charge is 2.14. The molecule has 0 heterocycles. The van der Waals surface area contributed by atoms with Crippen molar-refractivity contribution in [1.29, 1.82) is 0 Å². The maximum absolute atomic E-state index is 10.8. The van der Waals surface area contributed by atoms with E-state index in [-0.39, 0.29) is 0 Å². The van der Waals surface area contributed by atoms with Gasteiger partial charge in [0.15, 0.2) is 6.10 Å². The predicted octanol–water partition coefficient (Wildman–Crippen LogP) is 6.79. The van der Waals surface area contributed by atoms with Gasteiger partial charge in [0.1, 0.15) is 0 Å². The molecule has 1 unspecified atom stereocenters. The number of ether oxygens (including phenoxy) is 1. The molecule has 0 radical (unpaired) electrons. The number of rotatable bonds is 17. The van der Waals surface area contributed by atoms with Crippen molar-refractivity contribution in [3.8, 4) is 0 Å². The Kier molecular flexibility index (Phi) is 19.0. The van der Waals surface area contributed by atoms with Crippen LogP contribution in [0.15, 0.2) is 60.8 Å². The molecule has 1 N–H and O–H groups in total. The lowest BCUT2D eigenvalue weighted by atomic mass is 10.2. The molecule has 3 heteroatoms. The van der Waals surface area contributed by atoms with Crippen molar-refractivity contribution in [3.05, 3.63) is 60.8 Å². The summed E-state index contributed by atoms with van der Waals surface area (Å²) in [6.07, 6.45) is 29.9. The highest BCUT2D eigenvalue weighted by atomic mass is 16.5. The standard InChI is InChI=1S/C24H38O3/c1-3-5-6-7-8-9-10-11-12-13-14-15-16-17-18-19-20-21-22-27-23(4-2)24(25)26/h5-6,8-9,11-12,14-15,17-18,23H,3-4,7,10,13,16,19-22H2,1-2H3,(H,25,26)/b6-5-,9-8-,12-11-,15-14?,18-17?. The van der Waals surface area contributed by atoms with Gasteiger partial charge < -0.3 is 9.84 Å². The van der Waals surface area contributed by atoms with Gasteiger partial charge in [-0.05, 0) is 57.8 Å². The molecule has 0 aliphatic heterocycles. The molecule has 27 heavy (non-hydrogen) atoms. The summed E-state index contributed by atoms with van der Waals surface area (Å²) in [7, 11) is 0. The summed E-state index contributed by atoms with van der Waals surface area (Å²) >= 11 is 0. The second-order valence-electron chi connectivity index (χ2n) is 6.31. The zero-order valence-corrected chi connectivity index (χ0v) is 17.2. The van der Waals surface area contributed by atoms with Crippen molar-refractivity contribution in [2.75, 3.05) is 6.61 Å². The minimum atomic E-state index is -0.865. The van der Waals surface area contributed by atoms with E-state index in [0.29, 0.717) is 13.0 Å². The van der Waals surface area contributed by atoms with E-state index in [1.165, 1.54) is 0 Å². The number of hydrogen-bond donors (Lipinski definition) is 1. The molecule has 0 rings (SSSR count). The van der Waals surface area contributed by atoms with Gasteiger partial charge in [-0.25, -0.2) is 4.79 Å². The molecular formula is C24H38O3. The first-order chi connectivity index (χ1) is 13.2. The lowest BCUT2D eigenvalue weighted by Crippen LogP contribution is -2.23. The van der Waals surface area contributed by atoms with E-state index in [1.54, 1.807) is 0 Å². The fraction of sp³-hybridized carbons (Fsp3) is 0.542. The predicted molar refractivity (Wildman–Crippen MR) is 116 cm³/mol. The molecule has 0 bridgehead atoms. The second-order valence-corrected chi connectivity index (χ2v) is 6.31. The van der Waals surface area contributed by atoms with Crippen molar-refractivity contribution in [2.45, 2.75) is 77.7 Å². The molecule has 0 amide bonds. The quantitative estimate of drug-likeness (QED) is 0.225. The molecule has 0 saturated heterocycles. The van der Waals surface area contributed by atoms with Crippen LogP contribution in [0, 0.1) is 0 Å². The Morgan fingerprint density at radius 1 is 0.778 bits per heavy atom. The number of unbranched alkanes of at least 4 members (excludes halogenated alkanes) is 2. The summed E-state index contributed by atoms with van der Waals surface area (Å²) < 4.78 is 5.33. The zero-order chi connectivity index (χ0) is 20.0. The summed E-state index contributed by atoms with van der Waals surface area (Å²) in [5, 5.41) is 8.87. The third kappa shape index (κ3) is 18.7. The SMILES string of the molecule is CC/C=C\C/C=C\C/C=C\CC=CCC=CCCCCOC(CC)C(=O)O. The first-order valence-corrected chi connectivity index (χ1v) is 10.3. The Morgan fingerprint density at radius 2 is 1.26 bits per heavy atom. The fourth-order valence-corrected chi connectivity index (χ4v) is 2.32. The number of carboxylic acid groups (broad SMARTS) is 1. The van der Waals surface area contributed by atoms with E-state index in [1.807, 2.05) is 6.92 Å². The van der Waals surface area contributed by atoms with Crippen LogP contribution in [0.2, 0.25) is 0 Å². The van der Waals surface area contributed by atoms with Crippen LogP contribution in [0.3, 0.4) is 0 Å². The summed E-state index contributed by atoms with van der Waals surface area (Å²) in [6.45, 7) is 4.50. The second kappa shape index (κ2) is 20.4. The van der Waals surface area contributed by atoms with Gasteiger partial charge in [-0.1, -0.05) is 74.6 Å². The van der Waals surface area contributed by atoms with Crippen LogP contribution >= 0.6 is 0 Å². The van der Waals surface area contributed by atoms with Gasteiger partial charge in [0.2, 0.25) is 0 Å². The summed E-state index contributed by atoms with van der Waals surface area (Å²) in [6, 6.07) is 0. The van der Waals surface area contributed by atoms with E-state index in [4.69, 9.17) is 9.84 Å². The van der Waals surface area contributed by atoms with Crippen LogP contribution in [-0.2, 0) is 9.53 Å². The van der Waals surface area contributed by atoms with Crippen molar-refractivity contribution in [3.63, 3.8) is 0 Å². The molecule has 0 spiro atoms. The molecular weight excluding hydrogens is 336 g/mol. The molecule has 0 aromatic carbocycles. The minimum Gasteiger partial charge on any atom is -0.479 e. The number of carboxylic acids is 1. The molecule has 0 aromatic rings. The van der Waals surface area contributed by atoms with Crippen LogP contribution in [0.4, 0.5) is 0 Å². The molecule has 1 atom stereocenters. The Labute approximate surface area is 166 Å². The summed E-state index contributed by atoms with van der Waals surface area (Å²) in [5.41, 5.74) is 0. The molecule has 0 saturated carbocycles. The minimum absolute atomic E-state index is 0.518. The van der Waals surface area contributed by atoms with Crippen molar-refractivity contribution < 1.29 is 14.6 Å². The Bertz CT molecular complexity index is 484. The fourth-order valence-electron chi connectivity index (χ4n) is 2.32. The molecule has 0 aromatic heterocycles. The van der Waals surface area contributed by atoms with Gasteiger partial charge in [0, 0.05) is 6.61 Å². The summed E-state index contributed by atoms with van der Waals surface area (Å²) in [4.78, 5) is 10.8. The highest BCUT2D eigenvalue weighted by Crippen LogP contribution is 2.03. The number of aliphatic carboxylic acids is 1. The topological polar surface area (TPSA) is 46.5 Å². The maximum Gasteiger partial charge on any atom is 0.332 e. The van der Waals surface area contributed by atoms with E-state index >= 15 is 0 Å². The molecule has 152 valence electrons. The van der Waals surface area contributed by atoms with E-state index < -0.39 is 12.1 Å². The maximum atomic E-state index is 10.8. The monoisotopic (exact) mass is 374 g/mol. The molecule has 0 aliphatic rings. The Morgan fingerprint density at radius 3 is 1.70 bits per heavy atom. The van der Waals surface area contributed by atoms with Crippen molar-refractivity contribution >= 4 is 5.97 Å². The lowest BCUT2D eigenvalue weighted by Gasteiger charge is -2.10. The molecule has 0 aliphatic carbocycles. The highest BCUT2D eigenvalue weighted by molar-refractivity contribution is 5.72. The average molecular weight is 375 g/mol. The molecule has 0 fully saturated rings. The lowest BCUT2D eigenvalue weighted by molar-refractivity contribution is -0.150. The largest absolute Gasteiger partial charge is 0.479 e. The van der Waals surface area contributed by atoms with Crippen LogP contribution in [0.5, 0.6) is 0 Å².